The zero-order valence-corrected chi connectivity index (χ0v) is 19.8. The normalized spacial score (nSPS) is 12.3. The molecule has 37 heavy (non-hydrogen) atoms. The first-order chi connectivity index (χ1) is 17.4. The number of hydrogen-bond donors (Lipinski definition) is 1. The van der Waals surface area contributed by atoms with Crippen LogP contribution in [0.15, 0.2) is 72.3 Å². The molecule has 0 radical (unpaired) electrons. The number of hydrogen-bond acceptors (Lipinski definition) is 3. The maximum absolute atomic E-state index is 13.4. The van der Waals surface area contributed by atoms with E-state index in [1.165, 1.54) is 19.2 Å². The number of rotatable bonds is 8. The van der Waals surface area contributed by atoms with E-state index in [-0.39, 0.29) is 23.5 Å². The van der Waals surface area contributed by atoms with Crippen LogP contribution in [0.5, 0.6) is 11.5 Å². The number of carbonyl (C=O) groups excluding carboxylic acids is 1. The van der Waals surface area contributed by atoms with Crippen molar-refractivity contribution in [3.05, 3.63) is 100 Å². The van der Waals surface area contributed by atoms with E-state index in [0.29, 0.717) is 23.7 Å². The summed E-state index contributed by atoms with van der Waals surface area (Å²) in [4.78, 5) is 12.4. The summed E-state index contributed by atoms with van der Waals surface area (Å²) in [5.41, 5.74) is -1.38. The lowest BCUT2D eigenvalue weighted by atomic mass is 10.0. The summed E-state index contributed by atoms with van der Waals surface area (Å²) in [7, 11) is 1.33. The molecule has 1 amide bonds. The van der Waals surface area contributed by atoms with Gasteiger partial charge in [0, 0.05) is 17.7 Å². The van der Waals surface area contributed by atoms with Crippen molar-refractivity contribution < 1.29 is 40.6 Å². The second kappa shape index (κ2) is 11.4. The number of ether oxygens (including phenoxy) is 2. The van der Waals surface area contributed by atoms with Gasteiger partial charge < -0.3 is 14.8 Å². The number of nitrogens with one attached hydrogen (secondary N) is 1. The van der Waals surface area contributed by atoms with Crippen LogP contribution in [-0.4, -0.2) is 13.0 Å². The molecule has 0 aliphatic rings. The first kappa shape index (κ1) is 27.6. The molecule has 0 atom stereocenters. The zero-order chi connectivity index (χ0) is 27.2. The molecule has 196 valence electrons. The second-order valence-electron chi connectivity index (χ2n) is 8.06. The highest BCUT2D eigenvalue weighted by molar-refractivity contribution is 5.97. The highest BCUT2D eigenvalue weighted by Crippen LogP contribution is 2.38. The first-order valence-corrected chi connectivity index (χ1v) is 11.0. The van der Waals surface area contributed by atoms with E-state index >= 15 is 0 Å². The predicted octanol–water partition coefficient (Wildman–Crippen LogP) is 7.03. The van der Waals surface area contributed by atoms with Gasteiger partial charge in [-0.25, -0.2) is 0 Å². The van der Waals surface area contributed by atoms with Crippen molar-refractivity contribution in [2.75, 3.05) is 7.11 Å². The Morgan fingerprint density at radius 2 is 1.59 bits per heavy atom. The van der Waals surface area contributed by atoms with Crippen LogP contribution in [0, 0.1) is 0 Å². The molecule has 0 spiro atoms. The minimum absolute atomic E-state index is 0.0649. The average molecular weight is 523 g/mol. The summed E-state index contributed by atoms with van der Waals surface area (Å²) in [5, 5.41) is 2.80. The van der Waals surface area contributed by atoms with Crippen molar-refractivity contribution in [1.29, 1.82) is 0 Å². The van der Waals surface area contributed by atoms with Gasteiger partial charge in [-0.05, 0) is 48.4 Å². The van der Waals surface area contributed by atoms with Gasteiger partial charge in [-0.1, -0.05) is 42.5 Å². The summed E-state index contributed by atoms with van der Waals surface area (Å²) in [6.45, 7) is 1.34. The molecule has 0 heterocycles. The molecule has 0 bridgehead atoms. The molecule has 3 aromatic rings. The van der Waals surface area contributed by atoms with Gasteiger partial charge in [-0.2, -0.15) is 26.3 Å². The van der Waals surface area contributed by atoms with Gasteiger partial charge in [0.15, 0.2) is 11.5 Å². The quantitative estimate of drug-likeness (QED) is 0.255. The molecular weight excluding hydrogens is 500 g/mol. The predicted molar refractivity (Wildman–Crippen MR) is 126 cm³/mol. The number of carbonyl (C=O) groups is 1. The van der Waals surface area contributed by atoms with E-state index in [9.17, 15) is 31.1 Å². The number of alkyl halides is 6. The molecule has 0 aliphatic heterocycles. The molecule has 0 fully saturated rings. The Labute approximate surface area is 209 Å². The molecule has 0 saturated carbocycles. The fraction of sp³-hybridized carbons (Fsp3) is 0.222. The molecular formula is C27H23F6NO3. The van der Waals surface area contributed by atoms with Crippen molar-refractivity contribution in [3.63, 3.8) is 0 Å². The topological polar surface area (TPSA) is 47.6 Å². The minimum Gasteiger partial charge on any atom is -0.493 e. The molecule has 3 aromatic carbocycles. The lowest BCUT2D eigenvalue weighted by Gasteiger charge is -2.17. The summed E-state index contributed by atoms with van der Waals surface area (Å²) in [6.07, 6.45) is -8.32. The van der Waals surface area contributed by atoms with Crippen LogP contribution in [0.3, 0.4) is 0 Å². The smallest absolute Gasteiger partial charge is 0.416 e. The third-order valence-electron chi connectivity index (χ3n) is 5.35. The summed E-state index contributed by atoms with van der Waals surface area (Å²) in [5.74, 6) is -0.0318. The van der Waals surface area contributed by atoms with Crippen molar-refractivity contribution >= 4 is 12.0 Å². The van der Waals surface area contributed by atoms with E-state index in [2.05, 4.69) is 5.32 Å². The monoisotopic (exact) mass is 523 g/mol. The van der Waals surface area contributed by atoms with E-state index < -0.39 is 35.6 Å². The van der Waals surface area contributed by atoms with Crippen LogP contribution in [0.1, 0.15) is 34.7 Å². The SMILES string of the molecule is COc1cc(/C=C(\C)C(=O)NCc2ccccc2)ccc1OCc1ccc(C(F)(F)F)cc1C(F)(F)F. The lowest BCUT2D eigenvalue weighted by molar-refractivity contribution is -0.143. The van der Waals surface area contributed by atoms with Crippen LogP contribution in [0.2, 0.25) is 0 Å². The summed E-state index contributed by atoms with van der Waals surface area (Å²) < 4.78 is 89.6. The van der Waals surface area contributed by atoms with Gasteiger partial charge in [0.05, 0.1) is 18.2 Å². The number of amides is 1. The van der Waals surface area contributed by atoms with Gasteiger partial charge in [0.25, 0.3) is 0 Å². The zero-order valence-electron chi connectivity index (χ0n) is 19.8. The Bertz CT molecular complexity index is 1270. The first-order valence-electron chi connectivity index (χ1n) is 11.0. The van der Waals surface area contributed by atoms with Gasteiger partial charge in [-0.15, -0.1) is 0 Å². The molecule has 0 saturated heterocycles. The summed E-state index contributed by atoms with van der Waals surface area (Å²) >= 11 is 0. The Kier molecular flexibility index (Phi) is 8.52. The number of benzene rings is 3. The van der Waals surface area contributed by atoms with Crippen LogP contribution in [0.4, 0.5) is 26.3 Å². The molecule has 0 aliphatic carbocycles. The molecule has 3 rings (SSSR count). The van der Waals surface area contributed by atoms with Crippen molar-refractivity contribution in [2.24, 2.45) is 0 Å². The third kappa shape index (κ3) is 7.52. The molecule has 1 N–H and O–H groups in total. The van der Waals surface area contributed by atoms with Crippen LogP contribution < -0.4 is 14.8 Å². The maximum Gasteiger partial charge on any atom is 0.416 e. The Balaban J connectivity index is 1.74. The van der Waals surface area contributed by atoms with E-state index in [1.54, 1.807) is 19.1 Å². The fourth-order valence-corrected chi connectivity index (χ4v) is 3.42. The van der Waals surface area contributed by atoms with E-state index in [4.69, 9.17) is 9.47 Å². The molecule has 0 aromatic heterocycles. The van der Waals surface area contributed by atoms with Gasteiger partial charge in [0.2, 0.25) is 5.91 Å². The van der Waals surface area contributed by atoms with Crippen LogP contribution in [-0.2, 0) is 30.3 Å². The second-order valence-corrected chi connectivity index (χ2v) is 8.06. The molecule has 4 nitrogen and oxygen atoms in total. The summed E-state index contributed by atoms with van der Waals surface area (Å²) in [6, 6.07) is 15.3. The highest BCUT2D eigenvalue weighted by atomic mass is 19.4. The van der Waals surface area contributed by atoms with Crippen molar-refractivity contribution in [2.45, 2.75) is 32.4 Å². The van der Waals surface area contributed by atoms with E-state index in [1.807, 2.05) is 30.3 Å². The number of methoxy groups -OCH3 is 1. The standard InChI is InChI=1S/C27H23F6NO3/c1-17(25(35)34-15-18-6-4-3-5-7-18)12-19-8-11-23(24(13-19)36-2)37-16-20-9-10-21(26(28,29)30)14-22(20)27(31,32)33/h3-14H,15-16H2,1-2H3,(H,34,35)/b17-12+. The Hall–Kier alpha value is -3.95. The van der Waals surface area contributed by atoms with E-state index in [0.717, 1.165) is 11.6 Å². The largest absolute Gasteiger partial charge is 0.493 e. The molecule has 10 heteroatoms. The van der Waals surface area contributed by atoms with Gasteiger partial charge >= 0.3 is 12.4 Å². The highest BCUT2D eigenvalue weighted by Gasteiger charge is 2.38. The van der Waals surface area contributed by atoms with Crippen LogP contribution >= 0.6 is 0 Å². The average Bonchev–Trinajstić information content (AvgIpc) is 2.85. The third-order valence-corrected chi connectivity index (χ3v) is 5.35. The minimum atomic E-state index is -5.00. The Morgan fingerprint density at radius 3 is 2.22 bits per heavy atom. The van der Waals surface area contributed by atoms with Crippen molar-refractivity contribution in [3.8, 4) is 11.5 Å². The molecule has 0 unspecified atom stereocenters. The number of halogens is 6. The van der Waals surface area contributed by atoms with Gasteiger partial charge in [0.1, 0.15) is 6.61 Å². The Morgan fingerprint density at radius 1 is 0.892 bits per heavy atom. The lowest BCUT2D eigenvalue weighted by Crippen LogP contribution is -2.23. The maximum atomic E-state index is 13.4. The van der Waals surface area contributed by atoms with Crippen molar-refractivity contribution in [1.82, 2.24) is 5.32 Å². The van der Waals surface area contributed by atoms with Gasteiger partial charge in [-0.3, -0.25) is 4.79 Å². The van der Waals surface area contributed by atoms with Crippen LogP contribution in [0.25, 0.3) is 6.08 Å². The fourth-order valence-electron chi connectivity index (χ4n) is 3.42.